The molecular formula is C4H9GeN. The molecule has 0 amide bonds. The maximum absolute atomic E-state index is 2.86. The minimum atomic E-state index is 0. The zero-order chi connectivity index (χ0) is 3.54. The fourth-order valence-corrected chi connectivity index (χ4v) is 0.278. The SMILES string of the molecule is [GeH4].c1cc[nH]c1. The molecule has 0 aliphatic rings. The van der Waals surface area contributed by atoms with Crippen molar-refractivity contribution in [2.24, 2.45) is 0 Å². The molecule has 0 aliphatic carbocycles. The quantitative estimate of drug-likeness (QED) is 0.475. The van der Waals surface area contributed by atoms with E-state index in [1.165, 1.54) is 0 Å². The number of rotatable bonds is 0. The molecule has 2 heteroatoms. The molecule has 0 unspecified atom stereocenters. The van der Waals surface area contributed by atoms with Crippen molar-refractivity contribution in [3.8, 4) is 0 Å². The molecule has 0 aliphatic heterocycles. The van der Waals surface area contributed by atoms with Crippen LogP contribution in [0.4, 0.5) is 0 Å². The van der Waals surface area contributed by atoms with E-state index in [4.69, 9.17) is 0 Å². The summed E-state index contributed by atoms with van der Waals surface area (Å²) in [6.45, 7) is 0. The summed E-state index contributed by atoms with van der Waals surface area (Å²) in [6, 6.07) is 3.89. The predicted molar refractivity (Wildman–Crippen MR) is 32.1 cm³/mol. The molecule has 1 aromatic heterocycles. The topological polar surface area (TPSA) is 15.8 Å². The number of hydrogen-bond donors (Lipinski definition) is 1. The van der Waals surface area contributed by atoms with Crippen molar-refractivity contribution in [2.75, 3.05) is 0 Å². The molecule has 1 rings (SSSR count). The first-order chi connectivity index (χ1) is 2.50. The van der Waals surface area contributed by atoms with Gasteiger partial charge in [0.05, 0.1) is 0 Å². The Morgan fingerprint density at radius 2 is 1.50 bits per heavy atom. The molecule has 0 saturated carbocycles. The van der Waals surface area contributed by atoms with Crippen LogP contribution in [0.1, 0.15) is 0 Å². The van der Waals surface area contributed by atoms with Crippen LogP contribution in [0.3, 0.4) is 0 Å². The Morgan fingerprint density at radius 3 is 1.67 bits per heavy atom. The molecule has 0 radical (unpaired) electrons. The smallest absolute Gasteiger partial charge is 0.000496 e. The summed E-state index contributed by atoms with van der Waals surface area (Å²) in [5.74, 6) is 0. The average Bonchev–Trinajstić information content (AvgIpc) is 1.76. The van der Waals surface area contributed by atoms with Gasteiger partial charge in [-0.2, -0.15) is 0 Å². The van der Waals surface area contributed by atoms with Crippen LogP contribution >= 0.6 is 0 Å². The molecule has 0 aromatic carbocycles. The van der Waals surface area contributed by atoms with E-state index in [-0.39, 0.29) is 17.6 Å². The monoisotopic (exact) mass is 145 g/mol. The molecule has 6 heavy (non-hydrogen) atoms. The Hall–Kier alpha value is -0.177. The molecule has 0 spiro atoms. The van der Waals surface area contributed by atoms with Gasteiger partial charge in [-0.3, -0.25) is 0 Å². The average molecular weight is 144 g/mol. The first-order valence-electron chi connectivity index (χ1n) is 1.58. The minimum Gasteiger partial charge on any atom is -0.368 e. The van der Waals surface area contributed by atoms with E-state index < -0.39 is 0 Å². The van der Waals surface area contributed by atoms with Crippen LogP contribution in [0, 0.1) is 0 Å². The van der Waals surface area contributed by atoms with Gasteiger partial charge in [-0.05, 0) is 12.1 Å². The Balaban J connectivity index is 0.000000250. The van der Waals surface area contributed by atoms with E-state index in [0.717, 1.165) is 0 Å². The summed E-state index contributed by atoms with van der Waals surface area (Å²) in [6.07, 6.45) is 3.75. The van der Waals surface area contributed by atoms with Crippen LogP contribution in [0.5, 0.6) is 0 Å². The molecule has 1 N–H and O–H groups in total. The molecule has 34 valence electrons. The van der Waals surface area contributed by atoms with Crippen molar-refractivity contribution in [1.29, 1.82) is 0 Å². The van der Waals surface area contributed by atoms with Crippen LogP contribution in [-0.4, -0.2) is 22.6 Å². The Morgan fingerprint density at radius 1 is 1.00 bits per heavy atom. The molecular weight excluding hydrogens is 135 g/mol. The van der Waals surface area contributed by atoms with Gasteiger partial charge < -0.3 is 4.98 Å². The summed E-state index contributed by atoms with van der Waals surface area (Å²) in [5.41, 5.74) is 0. The molecule has 1 aromatic rings. The third kappa shape index (κ3) is 1.31. The van der Waals surface area contributed by atoms with Gasteiger partial charge in [0.15, 0.2) is 0 Å². The second-order valence-electron chi connectivity index (χ2n) is 0.885. The van der Waals surface area contributed by atoms with Crippen molar-refractivity contribution < 1.29 is 0 Å². The fraction of sp³-hybridized carbons (Fsp3) is 0. The molecule has 1 nitrogen and oxygen atoms in total. The van der Waals surface area contributed by atoms with Gasteiger partial charge in [0.2, 0.25) is 0 Å². The number of aromatic amines is 1. The number of aromatic nitrogens is 1. The molecule has 0 bridgehead atoms. The van der Waals surface area contributed by atoms with Gasteiger partial charge in [-0.1, -0.05) is 0 Å². The Labute approximate surface area is 47.7 Å². The van der Waals surface area contributed by atoms with Crippen LogP contribution in [0.15, 0.2) is 24.5 Å². The maximum Gasteiger partial charge on any atom is 0.000496 e. The molecule has 0 fully saturated rings. The van der Waals surface area contributed by atoms with Crippen molar-refractivity contribution in [1.82, 2.24) is 4.98 Å². The first-order valence-corrected chi connectivity index (χ1v) is 1.58. The van der Waals surface area contributed by atoms with Gasteiger partial charge in [0, 0.05) is 12.4 Å². The first kappa shape index (κ1) is 5.82. The van der Waals surface area contributed by atoms with Gasteiger partial charge in [-0.25, -0.2) is 0 Å². The van der Waals surface area contributed by atoms with Gasteiger partial charge in [0.25, 0.3) is 0 Å². The van der Waals surface area contributed by atoms with Crippen molar-refractivity contribution in [3.63, 3.8) is 0 Å². The molecule has 1 heterocycles. The normalized spacial score (nSPS) is 6.67. The maximum atomic E-state index is 2.86. The largest absolute Gasteiger partial charge is 0.368 e. The van der Waals surface area contributed by atoms with Gasteiger partial charge in [-0.15, -0.1) is 0 Å². The van der Waals surface area contributed by atoms with Crippen LogP contribution < -0.4 is 0 Å². The summed E-state index contributed by atoms with van der Waals surface area (Å²) >= 11 is 0. The van der Waals surface area contributed by atoms with Crippen LogP contribution in [0.2, 0.25) is 0 Å². The standard InChI is InChI=1S/C4H5N.GeH4/c1-2-4-5-3-1;/h1-5H;1H4. The summed E-state index contributed by atoms with van der Waals surface area (Å²) in [7, 11) is 0. The number of nitrogens with one attached hydrogen (secondary N) is 1. The van der Waals surface area contributed by atoms with Crippen LogP contribution in [-0.2, 0) is 0 Å². The second kappa shape index (κ2) is 3.03. The van der Waals surface area contributed by atoms with E-state index in [0.29, 0.717) is 0 Å². The van der Waals surface area contributed by atoms with Crippen molar-refractivity contribution in [2.45, 2.75) is 0 Å². The molecule has 0 saturated heterocycles. The van der Waals surface area contributed by atoms with Gasteiger partial charge in [0.1, 0.15) is 0 Å². The zero-order valence-corrected chi connectivity index (χ0v) is 2.81. The molecule has 0 atom stereocenters. The Kier molecular flexibility index (Phi) is 2.94. The summed E-state index contributed by atoms with van der Waals surface area (Å²) < 4.78 is 0. The van der Waals surface area contributed by atoms with Gasteiger partial charge >= 0.3 is 17.6 Å². The van der Waals surface area contributed by atoms with E-state index in [1.54, 1.807) is 0 Å². The van der Waals surface area contributed by atoms with E-state index in [2.05, 4.69) is 4.98 Å². The Bertz CT molecular complexity index is 64.0. The summed E-state index contributed by atoms with van der Waals surface area (Å²) in [5, 5.41) is 0. The van der Waals surface area contributed by atoms with Crippen LogP contribution in [0.25, 0.3) is 0 Å². The third-order valence-corrected chi connectivity index (χ3v) is 0.496. The minimum absolute atomic E-state index is 0. The number of H-pyrrole nitrogens is 1. The van der Waals surface area contributed by atoms with E-state index in [1.807, 2.05) is 24.5 Å². The summed E-state index contributed by atoms with van der Waals surface area (Å²) in [4.78, 5) is 2.86. The van der Waals surface area contributed by atoms with Crippen molar-refractivity contribution in [3.05, 3.63) is 24.5 Å². The fourth-order valence-electron chi connectivity index (χ4n) is 0.278. The second-order valence-corrected chi connectivity index (χ2v) is 0.885. The van der Waals surface area contributed by atoms with E-state index in [9.17, 15) is 0 Å². The predicted octanol–water partition coefficient (Wildman–Crippen LogP) is -0.437. The van der Waals surface area contributed by atoms with Crippen molar-refractivity contribution >= 4 is 17.6 Å². The zero-order valence-electron chi connectivity index (χ0n) is 2.81. The van der Waals surface area contributed by atoms with E-state index >= 15 is 0 Å². The third-order valence-electron chi connectivity index (χ3n) is 0.496. The number of hydrogen-bond acceptors (Lipinski definition) is 0.